The van der Waals surface area contributed by atoms with Gasteiger partial charge in [0.15, 0.2) is 5.82 Å². The minimum atomic E-state index is -0.300. The number of hydrogen-bond acceptors (Lipinski definition) is 5. The second-order valence-electron chi connectivity index (χ2n) is 8.44. The van der Waals surface area contributed by atoms with Crippen molar-refractivity contribution < 1.29 is 4.79 Å². The second-order valence-corrected chi connectivity index (χ2v) is 8.44. The van der Waals surface area contributed by atoms with E-state index in [0.717, 1.165) is 28.8 Å². The molecule has 4 N–H and O–H groups in total. The van der Waals surface area contributed by atoms with Gasteiger partial charge in [-0.3, -0.25) is 9.59 Å². The van der Waals surface area contributed by atoms with Crippen molar-refractivity contribution in [3.05, 3.63) is 80.8 Å². The van der Waals surface area contributed by atoms with E-state index in [0.29, 0.717) is 28.7 Å². The summed E-state index contributed by atoms with van der Waals surface area (Å²) in [6.07, 6.45) is 0.840. The summed E-state index contributed by atoms with van der Waals surface area (Å²) in [5.41, 5.74) is 11.4. The topological polar surface area (TPSA) is 119 Å². The van der Waals surface area contributed by atoms with Gasteiger partial charge in [-0.2, -0.15) is 10.2 Å². The highest BCUT2D eigenvalue weighted by Gasteiger charge is 2.21. The number of hydrogen-bond donors (Lipinski definition) is 3. The Labute approximate surface area is 191 Å². The number of rotatable bonds is 6. The summed E-state index contributed by atoms with van der Waals surface area (Å²) in [7, 11) is 0. The molecule has 1 atom stereocenters. The number of aromatic amines is 1. The molecule has 0 aliphatic rings. The molecule has 0 fully saturated rings. The van der Waals surface area contributed by atoms with Crippen molar-refractivity contribution in [2.24, 2.45) is 0 Å². The Morgan fingerprint density at radius 1 is 1.18 bits per heavy atom. The van der Waals surface area contributed by atoms with Gasteiger partial charge >= 0.3 is 0 Å². The summed E-state index contributed by atoms with van der Waals surface area (Å²) >= 11 is 0. The zero-order chi connectivity index (χ0) is 23.7. The Kier molecular flexibility index (Phi) is 6.00. The third-order valence-corrected chi connectivity index (χ3v) is 6.01. The van der Waals surface area contributed by atoms with Crippen LogP contribution in [0.2, 0.25) is 0 Å². The van der Waals surface area contributed by atoms with Gasteiger partial charge < -0.3 is 11.1 Å². The number of nitrogens with two attached hydrogens (primary N) is 1. The molecule has 8 heteroatoms. The Hall–Kier alpha value is -3.94. The van der Waals surface area contributed by atoms with E-state index in [-0.39, 0.29) is 23.2 Å². The highest BCUT2D eigenvalue weighted by molar-refractivity contribution is 5.95. The summed E-state index contributed by atoms with van der Waals surface area (Å²) in [4.78, 5) is 25.1. The smallest absolute Gasteiger partial charge is 0.275 e. The fourth-order valence-electron chi connectivity index (χ4n) is 3.85. The van der Waals surface area contributed by atoms with E-state index in [1.807, 2.05) is 63.2 Å². The van der Waals surface area contributed by atoms with Crippen LogP contribution in [0, 0.1) is 13.8 Å². The normalized spacial score (nSPS) is 12.1. The average molecular weight is 445 g/mol. The van der Waals surface area contributed by atoms with Crippen molar-refractivity contribution in [1.82, 2.24) is 25.3 Å². The largest absolute Gasteiger partial charge is 0.380 e. The number of aromatic nitrogens is 4. The fourth-order valence-corrected chi connectivity index (χ4v) is 3.85. The molecule has 0 unspecified atom stereocenters. The van der Waals surface area contributed by atoms with Crippen molar-refractivity contribution in [2.45, 2.75) is 46.6 Å². The average Bonchev–Trinajstić information content (AvgIpc) is 3.23. The molecule has 0 radical (unpaired) electrons. The number of nitrogen functional groups attached to an aromatic ring is 1. The number of carbonyl (C=O) groups excluding carboxylic acids is 1. The highest BCUT2D eigenvalue weighted by Crippen LogP contribution is 2.28. The summed E-state index contributed by atoms with van der Waals surface area (Å²) in [5.74, 6) is 0.211. The van der Waals surface area contributed by atoms with Crippen LogP contribution in [0.5, 0.6) is 0 Å². The van der Waals surface area contributed by atoms with Crippen molar-refractivity contribution >= 4 is 22.6 Å². The van der Waals surface area contributed by atoms with Gasteiger partial charge in [-0.1, -0.05) is 43.7 Å². The van der Waals surface area contributed by atoms with E-state index in [2.05, 4.69) is 22.4 Å². The molecular weight excluding hydrogens is 416 g/mol. The highest BCUT2D eigenvalue weighted by atomic mass is 16.1. The van der Waals surface area contributed by atoms with Crippen LogP contribution in [0.4, 0.5) is 5.82 Å². The van der Waals surface area contributed by atoms with Crippen molar-refractivity contribution in [3.8, 4) is 5.69 Å². The molecule has 0 aliphatic heterocycles. The molecule has 2 aromatic heterocycles. The Balaban J connectivity index is 1.61. The van der Waals surface area contributed by atoms with Gasteiger partial charge in [0.05, 0.1) is 16.8 Å². The first-order valence-corrected chi connectivity index (χ1v) is 11.0. The summed E-state index contributed by atoms with van der Waals surface area (Å²) in [6.45, 7) is 8.38. The molecule has 4 aromatic rings. The predicted octanol–water partition coefficient (Wildman–Crippen LogP) is 3.75. The van der Waals surface area contributed by atoms with Gasteiger partial charge in [-0.25, -0.2) is 9.78 Å². The van der Waals surface area contributed by atoms with E-state index in [4.69, 9.17) is 10.8 Å². The Morgan fingerprint density at radius 3 is 2.61 bits per heavy atom. The Bertz CT molecular complexity index is 1380. The first kappa shape index (κ1) is 22.3. The minimum absolute atomic E-state index is 0.0937. The van der Waals surface area contributed by atoms with Crippen LogP contribution >= 0.6 is 0 Å². The van der Waals surface area contributed by atoms with Gasteiger partial charge in [-0.05, 0) is 49.6 Å². The molecule has 2 heterocycles. The van der Waals surface area contributed by atoms with Crippen LogP contribution in [-0.4, -0.2) is 25.9 Å². The number of anilines is 1. The van der Waals surface area contributed by atoms with Gasteiger partial charge in [0.1, 0.15) is 5.52 Å². The van der Waals surface area contributed by atoms with Gasteiger partial charge in [-0.15, -0.1) is 0 Å². The van der Waals surface area contributed by atoms with Crippen molar-refractivity contribution in [1.29, 1.82) is 0 Å². The zero-order valence-corrected chi connectivity index (χ0v) is 19.3. The molecule has 8 nitrogen and oxygen atoms in total. The van der Waals surface area contributed by atoms with Gasteiger partial charge in [0, 0.05) is 18.0 Å². The van der Waals surface area contributed by atoms with Crippen LogP contribution < -0.4 is 16.6 Å². The van der Waals surface area contributed by atoms with Crippen LogP contribution in [-0.2, 0) is 6.54 Å². The van der Waals surface area contributed by atoms with E-state index < -0.39 is 0 Å². The van der Waals surface area contributed by atoms with E-state index in [1.165, 1.54) is 0 Å². The number of nitrogens with one attached hydrogen (secondary N) is 2. The monoisotopic (exact) mass is 444 g/mol. The number of amides is 1. The number of benzene rings is 2. The molecule has 1 amide bonds. The van der Waals surface area contributed by atoms with E-state index >= 15 is 0 Å². The van der Waals surface area contributed by atoms with E-state index in [9.17, 15) is 9.59 Å². The Morgan fingerprint density at radius 2 is 1.91 bits per heavy atom. The zero-order valence-electron chi connectivity index (χ0n) is 19.3. The molecule has 0 bridgehead atoms. The molecule has 4 rings (SSSR count). The SMILES string of the molecule is CC[C@@H](C)c1nn(-c2ccc(CNC(=O)c3cc(C)ccc3C)cc2)c2c(N)n[nH]c(=O)c12. The lowest BCUT2D eigenvalue weighted by Gasteiger charge is -2.10. The first-order valence-electron chi connectivity index (χ1n) is 11.0. The third-order valence-electron chi connectivity index (χ3n) is 6.01. The van der Waals surface area contributed by atoms with Crippen molar-refractivity contribution in [3.63, 3.8) is 0 Å². The van der Waals surface area contributed by atoms with Crippen LogP contribution in [0.25, 0.3) is 16.6 Å². The standard InChI is InChI=1S/C25H28N6O2/c1-5-15(3)21-20-22(23(26)28-29-25(20)33)31(30-21)18-10-8-17(9-11-18)13-27-24(32)19-12-14(2)6-7-16(19)4/h6-12,15H,5,13H2,1-4H3,(H2,26,28)(H,27,32)(H,29,33)/t15-/m1/s1. The molecule has 0 aliphatic carbocycles. The van der Waals surface area contributed by atoms with Crippen LogP contribution in [0.3, 0.4) is 0 Å². The number of fused-ring (bicyclic) bond motifs is 1. The summed E-state index contributed by atoms with van der Waals surface area (Å²) < 4.78 is 1.67. The molecule has 0 spiro atoms. The maximum absolute atomic E-state index is 12.6. The number of H-pyrrole nitrogens is 1. The van der Waals surface area contributed by atoms with Crippen LogP contribution in [0.15, 0.2) is 47.3 Å². The van der Waals surface area contributed by atoms with Crippen molar-refractivity contribution in [2.75, 3.05) is 5.73 Å². The maximum atomic E-state index is 12.6. The quantitative estimate of drug-likeness (QED) is 0.418. The molecule has 0 saturated carbocycles. The molecule has 33 heavy (non-hydrogen) atoms. The lowest BCUT2D eigenvalue weighted by Crippen LogP contribution is -2.23. The minimum Gasteiger partial charge on any atom is -0.380 e. The number of carbonyl (C=O) groups is 1. The lowest BCUT2D eigenvalue weighted by atomic mass is 10.0. The number of nitrogens with zero attached hydrogens (tertiary/aromatic N) is 3. The lowest BCUT2D eigenvalue weighted by molar-refractivity contribution is 0.0950. The molecule has 2 aromatic carbocycles. The third kappa shape index (κ3) is 4.24. The molecule has 170 valence electrons. The molecular formula is C25H28N6O2. The fraction of sp³-hybridized carbons (Fsp3) is 0.280. The first-order chi connectivity index (χ1) is 15.8. The predicted molar refractivity (Wildman–Crippen MR) is 130 cm³/mol. The van der Waals surface area contributed by atoms with Gasteiger partial charge in [0.2, 0.25) is 0 Å². The summed E-state index contributed by atoms with van der Waals surface area (Å²) in [6, 6.07) is 13.5. The molecule has 0 saturated heterocycles. The number of aryl methyl sites for hydroxylation is 2. The van der Waals surface area contributed by atoms with E-state index in [1.54, 1.807) is 4.68 Å². The van der Waals surface area contributed by atoms with Crippen LogP contribution in [0.1, 0.15) is 58.9 Å². The second kappa shape index (κ2) is 8.90. The maximum Gasteiger partial charge on any atom is 0.275 e. The summed E-state index contributed by atoms with van der Waals surface area (Å²) in [5, 5.41) is 14.6. The van der Waals surface area contributed by atoms with Gasteiger partial charge in [0.25, 0.3) is 11.5 Å².